The van der Waals surface area contributed by atoms with Crippen molar-refractivity contribution in [1.82, 2.24) is 5.43 Å². The van der Waals surface area contributed by atoms with Crippen molar-refractivity contribution in [2.24, 2.45) is 5.10 Å². The highest BCUT2D eigenvalue weighted by atomic mass is 16.5. The van der Waals surface area contributed by atoms with Crippen LogP contribution in [-0.2, 0) is 9.53 Å². The number of morpholine rings is 1. The molecule has 1 aromatic carbocycles. The van der Waals surface area contributed by atoms with E-state index in [1.807, 2.05) is 43.3 Å². The Kier molecular flexibility index (Phi) is 5.69. The molecule has 132 valence electrons. The lowest BCUT2D eigenvalue weighted by molar-refractivity contribution is -0.123. The lowest BCUT2D eigenvalue weighted by Gasteiger charge is -2.26. The van der Waals surface area contributed by atoms with E-state index in [0.29, 0.717) is 24.7 Å². The van der Waals surface area contributed by atoms with Crippen molar-refractivity contribution in [2.75, 3.05) is 37.8 Å². The summed E-state index contributed by atoms with van der Waals surface area (Å²) in [6.07, 6.45) is 1.47. The predicted octanol–water partition coefficient (Wildman–Crippen LogP) is 1.95. The number of furan rings is 1. The van der Waals surface area contributed by atoms with Crippen LogP contribution < -0.4 is 15.1 Å². The molecule has 3 rings (SSSR count). The lowest BCUT2D eigenvalue weighted by Crippen LogP contribution is -2.35. The zero-order valence-electron chi connectivity index (χ0n) is 14.1. The summed E-state index contributed by atoms with van der Waals surface area (Å²) in [6.45, 7) is 4.82. The van der Waals surface area contributed by atoms with E-state index in [-0.39, 0.29) is 12.5 Å². The fraction of sp³-hybridized carbons (Fsp3) is 0.333. The smallest absolute Gasteiger partial charge is 0.277 e. The predicted molar refractivity (Wildman–Crippen MR) is 94.2 cm³/mol. The molecule has 0 atom stereocenters. The molecule has 0 spiro atoms. The van der Waals surface area contributed by atoms with Crippen LogP contribution in [0.5, 0.6) is 5.75 Å². The Morgan fingerprint density at radius 3 is 2.88 bits per heavy atom. The fourth-order valence-corrected chi connectivity index (χ4v) is 2.43. The Balaban J connectivity index is 1.45. The molecule has 7 nitrogen and oxygen atoms in total. The lowest BCUT2D eigenvalue weighted by atomic mass is 10.2. The summed E-state index contributed by atoms with van der Waals surface area (Å²) in [5, 5.41) is 3.89. The van der Waals surface area contributed by atoms with Gasteiger partial charge in [-0.25, -0.2) is 5.43 Å². The molecule has 2 aromatic rings. The van der Waals surface area contributed by atoms with Gasteiger partial charge in [0.05, 0.1) is 19.4 Å². The molecule has 0 radical (unpaired) electrons. The van der Waals surface area contributed by atoms with Gasteiger partial charge in [0, 0.05) is 19.2 Å². The Bertz CT molecular complexity index is 735. The molecule has 1 amide bonds. The molecule has 1 N–H and O–H groups in total. The number of carbonyl (C=O) groups is 1. The first kappa shape index (κ1) is 17.0. The molecule has 7 heteroatoms. The first-order valence-corrected chi connectivity index (χ1v) is 8.15. The van der Waals surface area contributed by atoms with Gasteiger partial charge < -0.3 is 18.8 Å². The van der Waals surface area contributed by atoms with E-state index >= 15 is 0 Å². The third-order valence-corrected chi connectivity index (χ3v) is 3.77. The molecule has 25 heavy (non-hydrogen) atoms. The highest BCUT2D eigenvalue weighted by Gasteiger charge is 2.14. The maximum atomic E-state index is 11.8. The number of anilines is 1. The molecular formula is C18H21N3O4. The van der Waals surface area contributed by atoms with E-state index in [1.54, 1.807) is 0 Å². The molecule has 0 aliphatic carbocycles. The standard InChI is InChI=1S/C18H21N3O4/c1-14-4-2-3-5-16(14)24-13-17(22)20-19-12-15-6-7-18(25-15)21-8-10-23-11-9-21/h2-7,12H,8-11,13H2,1H3,(H,20,22)/b19-12-. The number of nitrogens with one attached hydrogen (secondary N) is 1. The van der Waals surface area contributed by atoms with Crippen LogP contribution in [0.3, 0.4) is 0 Å². The van der Waals surface area contributed by atoms with Gasteiger partial charge in [-0.15, -0.1) is 0 Å². The normalized spacial score (nSPS) is 14.7. The van der Waals surface area contributed by atoms with E-state index in [4.69, 9.17) is 13.9 Å². The average Bonchev–Trinajstić information content (AvgIpc) is 3.11. The maximum absolute atomic E-state index is 11.8. The number of para-hydroxylation sites is 1. The highest BCUT2D eigenvalue weighted by Crippen LogP contribution is 2.18. The van der Waals surface area contributed by atoms with Crippen LogP contribution in [0.15, 0.2) is 45.9 Å². The van der Waals surface area contributed by atoms with Gasteiger partial charge in [-0.05, 0) is 24.6 Å². The van der Waals surface area contributed by atoms with Gasteiger partial charge in [-0.3, -0.25) is 4.79 Å². The topological polar surface area (TPSA) is 76.3 Å². The Morgan fingerprint density at radius 2 is 2.08 bits per heavy atom. The van der Waals surface area contributed by atoms with Crippen LogP contribution in [0, 0.1) is 6.92 Å². The summed E-state index contributed by atoms with van der Waals surface area (Å²) in [7, 11) is 0. The largest absolute Gasteiger partial charge is 0.483 e. The van der Waals surface area contributed by atoms with Crippen LogP contribution in [-0.4, -0.2) is 45.0 Å². The summed E-state index contributed by atoms with van der Waals surface area (Å²) in [5.41, 5.74) is 3.40. The van der Waals surface area contributed by atoms with Crippen LogP contribution in [0.1, 0.15) is 11.3 Å². The Hall–Kier alpha value is -2.80. The maximum Gasteiger partial charge on any atom is 0.277 e. The van der Waals surface area contributed by atoms with Gasteiger partial charge in [0.2, 0.25) is 0 Å². The van der Waals surface area contributed by atoms with Crippen molar-refractivity contribution in [3.63, 3.8) is 0 Å². The second-order valence-electron chi connectivity index (χ2n) is 5.62. The number of benzene rings is 1. The first-order chi connectivity index (χ1) is 12.2. The summed E-state index contributed by atoms with van der Waals surface area (Å²) >= 11 is 0. The van der Waals surface area contributed by atoms with Crippen molar-refractivity contribution in [2.45, 2.75) is 6.92 Å². The number of rotatable bonds is 6. The SMILES string of the molecule is Cc1ccccc1OCC(=O)N/N=C\c1ccc(N2CCOCC2)o1. The van der Waals surface area contributed by atoms with Crippen LogP contribution in [0.4, 0.5) is 5.88 Å². The molecule has 1 aromatic heterocycles. The van der Waals surface area contributed by atoms with Crippen LogP contribution >= 0.6 is 0 Å². The van der Waals surface area contributed by atoms with Gasteiger partial charge in [0.1, 0.15) is 11.5 Å². The quantitative estimate of drug-likeness (QED) is 0.641. The second-order valence-corrected chi connectivity index (χ2v) is 5.62. The second kappa shape index (κ2) is 8.34. The number of hydrogen-bond donors (Lipinski definition) is 1. The molecular weight excluding hydrogens is 322 g/mol. The summed E-state index contributed by atoms with van der Waals surface area (Å²) < 4.78 is 16.5. The van der Waals surface area contributed by atoms with Crippen molar-refractivity contribution < 1.29 is 18.7 Å². The minimum absolute atomic E-state index is 0.0978. The minimum atomic E-state index is -0.334. The van der Waals surface area contributed by atoms with Crippen LogP contribution in [0.2, 0.25) is 0 Å². The molecule has 0 unspecified atom stereocenters. The average molecular weight is 343 g/mol. The fourth-order valence-electron chi connectivity index (χ4n) is 2.43. The van der Waals surface area contributed by atoms with Crippen molar-refractivity contribution >= 4 is 18.0 Å². The molecule has 1 aliphatic heterocycles. The Morgan fingerprint density at radius 1 is 1.28 bits per heavy atom. The number of nitrogens with zero attached hydrogens (tertiary/aromatic N) is 2. The molecule has 1 aliphatic rings. The molecule has 1 fully saturated rings. The van der Waals surface area contributed by atoms with Crippen molar-refractivity contribution in [3.05, 3.63) is 47.7 Å². The number of hydrogen-bond acceptors (Lipinski definition) is 6. The number of aryl methyl sites for hydroxylation is 1. The monoisotopic (exact) mass is 343 g/mol. The summed E-state index contributed by atoms with van der Waals surface area (Å²) in [6, 6.07) is 11.2. The van der Waals surface area contributed by atoms with E-state index in [0.717, 1.165) is 24.5 Å². The molecule has 0 saturated carbocycles. The van der Waals surface area contributed by atoms with Gasteiger partial charge in [0.25, 0.3) is 5.91 Å². The molecule has 0 bridgehead atoms. The molecule has 2 heterocycles. The minimum Gasteiger partial charge on any atom is -0.483 e. The van der Waals surface area contributed by atoms with E-state index in [9.17, 15) is 4.79 Å². The first-order valence-electron chi connectivity index (χ1n) is 8.15. The number of carbonyl (C=O) groups excluding carboxylic acids is 1. The van der Waals surface area contributed by atoms with Gasteiger partial charge in [-0.2, -0.15) is 5.10 Å². The van der Waals surface area contributed by atoms with Gasteiger partial charge in [0.15, 0.2) is 12.5 Å². The van der Waals surface area contributed by atoms with E-state index in [1.165, 1.54) is 6.21 Å². The zero-order valence-corrected chi connectivity index (χ0v) is 14.1. The summed E-state index contributed by atoms with van der Waals surface area (Å²) in [5.74, 6) is 1.70. The number of amides is 1. The van der Waals surface area contributed by atoms with Gasteiger partial charge in [-0.1, -0.05) is 18.2 Å². The van der Waals surface area contributed by atoms with E-state index < -0.39 is 0 Å². The molecule has 1 saturated heterocycles. The highest BCUT2D eigenvalue weighted by molar-refractivity contribution is 5.81. The third kappa shape index (κ3) is 4.84. The van der Waals surface area contributed by atoms with Crippen molar-refractivity contribution in [3.8, 4) is 5.75 Å². The van der Waals surface area contributed by atoms with Crippen LogP contribution in [0.25, 0.3) is 0 Å². The third-order valence-electron chi connectivity index (χ3n) is 3.77. The zero-order chi connectivity index (χ0) is 17.5. The number of ether oxygens (including phenoxy) is 2. The van der Waals surface area contributed by atoms with Gasteiger partial charge >= 0.3 is 0 Å². The summed E-state index contributed by atoms with van der Waals surface area (Å²) in [4.78, 5) is 13.9. The van der Waals surface area contributed by atoms with E-state index in [2.05, 4.69) is 15.4 Å². The van der Waals surface area contributed by atoms with Crippen molar-refractivity contribution in [1.29, 1.82) is 0 Å². The Labute approximate surface area is 146 Å². The number of hydrazone groups is 1.